The molecule has 0 aliphatic heterocycles. The fraction of sp³-hybridized carbons (Fsp3) is 0.300. The Kier molecular flexibility index (Phi) is 5.20. The van der Waals surface area contributed by atoms with E-state index in [0.717, 1.165) is 0 Å². The quantitative estimate of drug-likeness (QED) is 0.642. The van der Waals surface area contributed by atoms with Crippen LogP contribution in [0.3, 0.4) is 0 Å². The van der Waals surface area contributed by atoms with Crippen LogP contribution in [-0.4, -0.2) is 15.6 Å². The molecule has 1 aromatic rings. The summed E-state index contributed by atoms with van der Waals surface area (Å²) in [6.45, 7) is 1.85. The second-order valence-corrected chi connectivity index (χ2v) is 5.50. The van der Waals surface area contributed by atoms with Crippen molar-refractivity contribution in [2.45, 2.75) is 19.8 Å². The number of benzene rings is 1. The summed E-state index contributed by atoms with van der Waals surface area (Å²) in [5.41, 5.74) is 0.282. The number of carbonyl (C=O) groups excluding carboxylic acids is 1. The zero-order chi connectivity index (χ0) is 13.9. The Bertz CT molecular complexity index is 488. The first-order chi connectivity index (χ1) is 8.24. The van der Waals surface area contributed by atoms with E-state index in [2.05, 4.69) is 4.52 Å². The van der Waals surface area contributed by atoms with Crippen molar-refractivity contribution in [3.05, 3.63) is 27.7 Å². The van der Waals surface area contributed by atoms with Crippen LogP contribution in [0, 0.1) is 0 Å². The second-order valence-electron chi connectivity index (χ2n) is 3.52. The van der Waals surface area contributed by atoms with Crippen LogP contribution in [0.1, 0.15) is 30.1 Å². The van der Waals surface area contributed by atoms with E-state index in [1.165, 1.54) is 12.1 Å². The van der Waals surface area contributed by atoms with Crippen LogP contribution in [0.2, 0.25) is 10.0 Å². The van der Waals surface area contributed by atoms with Gasteiger partial charge in [0.25, 0.3) is 0 Å². The minimum atomic E-state index is -4.75. The Morgan fingerprint density at radius 1 is 1.33 bits per heavy atom. The van der Waals surface area contributed by atoms with Crippen LogP contribution in [0.25, 0.3) is 0 Å². The molecule has 0 aliphatic carbocycles. The van der Waals surface area contributed by atoms with Gasteiger partial charge in [0, 0.05) is 12.0 Å². The monoisotopic (exact) mass is 312 g/mol. The largest absolute Gasteiger partial charge is 0.524 e. The molecule has 0 fully saturated rings. The van der Waals surface area contributed by atoms with Crippen LogP contribution in [0.4, 0.5) is 0 Å². The summed E-state index contributed by atoms with van der Waals surface area (Å²) in [7, 11) is -4.75. The van der Waals surface area contributed by atoms with Gasteiger partial charge in [0.1, 0.15) is 0 Å². The third-order valence-electron chi connectivity index (χ3n) is 2.01. The van der Waals surface area contributed by atoms with Crippen molar-refractivity contribution in [1.29, 1.82) is 0 Å². The molecule has 0 aromatic heterocycles. The minimum absolute atomic E-state index is 0.120. The molecule has 0 saturated carbocycles. The third-order valence-corrected chi connectivity index (χ3v) is 2.99. The van der Waals surface area contributed by atoms with Crippen molar-refractivity contribution in [3.63, 3.8) is 0 Å². The average molecular weight is 313 g/mol. The van der Waals surface area contributed by atoms with E-state index in [-0.39, 0.29) is 27.1 Å². The van der Waals surface area contributed by atoms with Gasteiger partial charge in [-0.25, -0.2) is 4.57 Å². The first-order valence-electron chi connectivity index (χ1n) is 5.02. The summed E-state index contributed by atoms with van der Waals surface area (Å²) in [4.78, 5) is 29.0. The minimum Gasteiger partial charge on any atom is -0.401 e. The van der Waals surface area contributed by atoms with Crippen molar-refractivity contribution in [1.82, 2.24) is 0 Å². The van der Waals surface area contributed by atoms with E-state index in [9.17, 15) is 9.36 Å². The maximum atomic E-state index is 11.6. The molecule has 2 N–H and O–H groups in total. The number of hydrogen-bond acceptors (Lipinski definition) is 3. The smallest absolute Gasteiger partial charge is 0.401 e. The van der Waals surface area contributed by atoms with Crippen LogP contribution in [0.15, 0.2) is 12.1 Å². The predicted molar refractivity (Wildman–Crippen MR) is 68.4 cm³/mol. The molecule has 0 spiro atoms. The van der Waals surface area contributed by atoms with Gasteiger partial charge in [0.2, 0.25) is 0 Å². The van der Waals surface area contributed by atoms with Gasteiger partial charge in [-0.3, -0.25) is 14.6 Å². The lowest BCUT2D eigenvalue weighted by Gasteiger charge is -2.11. The van der Waals surface area contributed by atoms with Crippen LogP contribution < -0.4 is 4.52 Å². The van der Waals surface area contributed by atoms with Crippen LogP contribution >= 0.6 is 31.0 Å². The Hall–Kier alpha value is -0.580. The van der Waals surface area contributed by atoms with Crippen LogP contribution in [-0.2, 0) is 4.57 Å². The third kappa shape index (κ3) is 4.26. The molecule has 8 heteroatoms. The summed E-state index contributed by atoms with van der Waals surface area (Å²) >= 11 is 11.6. The molecule has 18 heavy (non-hydrogen) atoms. The second kappa shape index (κ2) is 6.04. The maximum Gasteiger partial charge on any atom is 0.524 e. The van der Waals surface area contributed by atoms with Crippen molar-refractivity contribution in [2.24, 2.45) is 0 Å². The number of phosphoric acid groups is 1. The average Bonchev–Trinajstić information content (AvgIpc) is 2.22. The van der Waals surface area contributed by atoms with Crippen molar-refractivity contribution >= 4 is 36.8 Å². The standard InChI is InChI=1S/C10H11Cl2O5P/c1-2-3-9(13)6-4-7(11)10(8(12)5-6)17-18(14,15)16/h4-5H,2-3H2,1H3,(H2,14,15,16). The fourth-order valence-electron chi connectivity index (χ4n) is 1.30. The summed E-state index contributed by atoms with van der Waals surface area (Å²) in [6, 6.07) is 2.55. The highest BCUT2D eigenvalue weighted by molar-refractivity contribution is 7.46. The Morgan fingerprint density at radius 2 is 1.83 bits per heavy atom. The molecular formula is C10H11Cl2O5P. The lowest BCUT2D eigenvalue weighted by atomic mass is 10.1. The topological polar surface area (TPSA) is 83.8 Å². The van der Waals surface area contributed by atoms with E-state index in [4.69, 9.17) is 33.0 Å². The molecule has 0 bridgehead atoms. The molecule has 0 aliphatic rings. The molecule has 0 unspecified atom stereocenters. The summed E-state index contributed by atoms with van der Waals surface area (Å²) in [6.07, 6.45) is 1.01. The van der Waals surface area contributed by atoms with Gasteiger partial charge < -0.3 is 4.52 Å². The predicted octanol–water partition coefficient (Wildman–Crippen LogP) is 3.45. The molecule has 0 saturated heterocycles. The van der Waals surface area contributed by atoms with E-state index in [1.807, 2.05) is 6.92 Å². The number of halogens is 2. The van der Waals surface area contributed by atoms with E-state index in [0.29, 0.717) is 12.8 Å². The molecule has 5 nitrogen and oxygen atoms in total. The van der Waals surface area contributed by atoms with Crippen molar-refractivity contribution in [2.75, 3.05) is 0 Å². The molecule has 100 valence electrons. The Morgan fingerprint density at radius 3 is 2.22 bits per heavy atom. The molecular weight excluding hydrogens is 302 g/mol. The highest BCUT2D eigenvalue weighted by Crippen LogP contribution is 2.44. The first-order valence-corrected chi connectivity index (χ1v) is 7.30. The van der Waals surface area contributed by atoms with Gasteiger partial charge >= 0.3 is 7.82 Å². The number of ketones is 1. The molecule has 0 amide bonds. The number of hydrogen-bond donors (Lipinski definition) is 2. The number of phosphoric ester groups is 1. The fourth-order valence-corrected chi connectivity index (χ4v) is 2.40. The van der Waals surface area contributed by atoms with Gasteiger partial charge in [-0.1, -0.05) is 30.1 Å². The molecule has 0 heterocycles. The summed E-state index contributed by atoms with van der Waals surface area (Å²) in [5.74, 6) is -0.483. The maximum absolute atomic E-state index is 11.6. The Labute approximate surface area is 114 Å². The van der Waals surface area contributed by atoms with Crippen molar-refractivity contribution < 1.29 is 23.7 Å². The van der Waals surface area contributed by atoms with E-state index in [1.54, 1.807) is 0 Å². The van der Waals surface area contributed by atoms with Gasteiger partial charge in [-0.15, -0.1) is 0 Å². The molecule has 1 aromatic carbocycles. The molecule has 0 atom stereocenters. The summed E-state index contributed by atoms with van der Waals surface area (Å²) < 4.78 is 15.1. The van der Waals surface area contributed by atoms with Gasteiger partial charge in [0.05, 0.1) is 10.0 Å². The number of carbonyl (C=O) groups is 1. The summed E-state index contributed by atoms with van der Waals surface area (Å²) in [5, 5.41) is -0.240. The number of rotatable bonds is 5. The SMILES string of the molecule is CCCC(=O)c1cc(Cl)c(OP(=O)(O)O)c(Cl)c1. The first kappa shape index (κ1) is 15.5. The highest BCUT2D eigenvalue weighted by Gasteiger charge is 2.22. The van der Waals surface area contributed by atoms with Gasteiger partial charge in [-0.05, 0) is 18.6 Å². The van der Waals surface area contributed by atoms with E-state index < -0.39 is 7.82 Å². The van der Waals surface area contributed by atoms with Gasteiger partial charge in [0.15, 0.2) is 11.5 Å². The molecule has 1 rings (SSSR count). The number of Topliss-reactive ketones (excluding diaryl/α,β-unsaturated/α-hetero) is 1. The van der Waals surface area contributed by atoms with Gasteiger partial charge in [-0.2, -0.15) is 0 Å². The normalized spacial score (nSPS) is 11.4. The Balaban J connectivity index is 3.12. The molecule has 0 radical (unpaired) electrons. The zero-order valence-corrected chi connectivity index (χ0v) is 11.8. The lowest BCUT2D eigenvalue weighted by molar-refractivity contribution is 0.0981. The zero-order valence-electron chi connectivity index (χ0n) is 9.39. The highest BCUT2D eigenvalue weighted by atomic mass is 35.5. The van der Waals surface area contributed by atoms with Crippen LogP contribution in [0.5, 0.6) is 5.75 Å². The lowest BCUT2D eigenvalue weighted by Crippen LogP contribution is -2.00. The van der Waals surface area contributed by atoms with E-state index >= 15 is 0 Å². The van der Waals surface area contributed by atoms with Crippen molar-refractivity contribution in [3.8, 4) is 5.75 Å².